The quantitative estimate of drug-likeness (QED) is 0.794. The molecule has 0 aliphatic carbocycles. The van der Waals surface area contributed by atoms with E-state index in [1.807, 2.05) is 13.8 Å². The second-order valence-electron chi connectivity index (χ2n) is 3.87. The zero-order chi connectivity index (χ0) is 11.4. The first-order valence-corrected chi connectivity index (χ1v) is 5.35. The second kappa shape index (κ2) is 5.16. The zero-order valence-corrected chi connectivity index (χ0v) is 9.95. The monoisotopic (exact) mass is 229 g/mol. The van der Waals surface area contributed by atoms with Gasteiger partial charge in [0.25, 0.3) is 5.91 Å². The number of nitrogens with zero attached hydrogens (tertiary/aromatic N) is 2. The van der Waals surface area contributed by atoms with Crippen LogP contribution in [0, 0.1) is 5.92 Å². The Morgan fingerprint density at radius 1 is 1.67 bits per heavy atom. The predicted molar refractivity (Wildman–Crippen MR) is 60.0 cm³/mol. The maximum Gasteiger partial charge on any atom is 0.254 e. The van der Waals surface area contributed by atoms with Gasteiger partial charge < -0.3 is 5.32 Å². The van der Waals surface area contributed by atoms with Crippen molar-refractivity contribution in [1.29, 1.82) is 0 Å². The molecule has 0 aromatic carbocycles. The molecule has 84 valence electrons. The smallest absolute Gasteiger partial charge is 0.254 e. The first-order valence-electron chi connectivity index (χ1n) is 4.91. The fourth-order valence-corrected chi connectivity index (χ4v) is 1.14. The maximum absolute atomic E-state index is 11.6. The summed E-state index contributed by atoms with van der Waals surface area (Å²) in [5.74, 6) is 0.218. The number of hydrogen-bond acceptors (Lipinski definition) is 2. The van der Waals surface area contributed by atoms with Crippen LogP contribution in [-0.2, 0) is 7.05 Å². The maximum atomic E-state index is 11.6. The topological polar surface area (TPSA) is 46.9 Å². The van der Waals surface area contributed by atoms with Crippen molar-refractivity contribution in [3.8, 4) is 0 Å². The second-order valence-corrected chi connectivity index (χ2v) is 4.43. The number of amides is 1. The molecule has 0 aliphatic rings. The number of aromatic nitrogens is 2. The van der Waals surface area contributed by atoms with Gasteiger partial charge in [0.1, 0.15) is 0 Å². The Morgan fingerprint density at radius 2 is 2.33 bits per heavy atom. The fraction of sp³-hybridized carbons (Fsp3) is 0.600. The average molecular weight is 230 g/mol. The van der Waals surface area contributed by atoms with E-state index in [1.165, 1.54) is 6.20 Å². The van der Waals surface area contributed by atoms with Gasteiger partial charge in [-0.2, -0.15) is 5.10 Å². The zero-order valence-electron chi connectivity index (χ0n) is 9.20. The Kier molecular flexibility index (Phi) is 4.15. The number of alkyl halides is 1. The van der Waals surface area contributed by atoms with Crippen LogP contribution in [0.2, 0.25) is 0 Å². The molecule has 0 radical (unpaired) electrons. The molecular weight excluding hydrogens is 214 g/mol. The predicted octanol–water partition coefficient (Wildman–Crippen LogP) is 1.41. The van der Waals surface area contributed by atoms with Crippen LogP contribution < -0.4 is 5.32 Å². The van der Waals surface area contributed by atoms with Crippen molar-refractivity contribution in [3.63, 3.8) is 0 Å². The van der Waals surface area contributed by atoms with Gasteiger partial charge in [0, 0.05) is 19.8 Å². The molecule has 1 amide bonds. The van der Waals surface area contributed by atoms with Crippen LogP contribution in [0.25, 0.3) is 0 Å². The summed E-state index contributed by atoms with van der Waals surface area (Å²) in [6.45, 7) is 4.52. The molecule has 0 aliphatic heterocycles. The summed E-state index contributed by atoms with van der Waals surface area (Å²) in [5, 5.41) is 6.66. The van der Waals surface area contributed by atoms with E-state index in [2.05, 4.69) is 10.4 Å². The molecule has 1 N–H and O–H groups in total. The molecular formula is C10H16ClN3O. The van der Waals surface area contributed by atoms with Crippen LogP contribution in [0.5, 0.6) is 0 Å². The highest BCUT2D eigenvalue weighted by Gasteiger charge is 2.12. The van der Waals surface area contributed by atoms with Crippen molar-refractivity contribution in [1.82, 2.24) is 15.1 Å². The number of aryl methyl sites for hydroxylation is 1. The third kappa shape index (κ3) is 3.55. The SMILES string of the molecule is CC(C)C(Cl)CNC(=O)c1cnn(C)c1. The summed E-state index contributed by atoms with van der Waals surface area (Å²) in [6.07, 6.45) is 3.21. The molecule has 4 nitrogen and oxygen atoms in total. The Morgan fingerprint density at radius 3 is 2.80 bits per heavy atom. The van der Waals surface area contributed by atoms with Crippen molar-refractivity contribution in [2.45, 2.75) is 19.2 Å². The van der Waals surface area contributed by atoms with Crippen molar-refractivity contribution in [2.24, 2.45) is 13.0 Å². The third-order valence-electron chi connectivity index (χ3n) is 2.15. The summed E-state index contributed by atoms with van der Waals surface area (Å²) < 4.78 is 1.59. The Hall–Kier alpha value is -1.03. The van der Waals surface area contributed by atoms with Crippen LogP contribution >= 0.6 is 11.6 Å². The number of carbonyl (C=O) groups is 1. The molecule has 0 bridgehead atoms. The molecule has 0 saturated carbocycles. The fourth-order valence-electron chi connectivity index (χ4n) is 1.07. The van der Waals surface area contributed by atoms with Gasteiger partial charge in [0.15, 0.2) is 0 Å². The van der Waals surface area contributed by atoms with Crippen LogP contribution in [-0.4, -0.2) is 27.6 Å². The van der Waals surface area contributed by atoms with E-state index in [1.54, 1.807) is 17.9 Å². The van der Waals surface area contributed by atoms with Crippen molar-refractivity contribution in [3.05, 3.63) is 18.0 Å². The minimum atomic E-state index is -0.130. The van der Waals surface area contributed by atoms with Gasteiger partial charge >= 0.3 is 0 Å². The number of hydrogen-bond donors (Lipinski definition) is 1. The Balaban J connectivity index is 2.43. The Bertz CT molecular complexity index is 335. The minimum Gasteiger partial charge on any atom is -0.350 e. The van der Waals surface area contributed by atoms with Crippen molar-refractivity contribution in [2.75, 3.05) is 6.54 Å². The average Bonchev–Trinajstić information content (AvgIpc) is 2.60. The van der Waals surface area contributed by atoms with E-state index in [4.69, 9.17) is 11.6 Å². The van der Waals surface area contributed by atoms with Gasteiger partial charge in [-0.15, -0.1) is 11.6 Å². The van der Waals surface area contributed by atoms with E-state index in [0.29, 0.717) is 18.0 Å². The molecule has 0 fully saturated rings. The lowest BCUT2D eigenvalue weighted by atomic mass is 10.1. The molecule has 1 aromatic heterocycles. The highest BCUT2D eigenvalue weighted by molar-refractivity contribution is 6.21. The van der Waals surface area contributed by atoms with Gasteiger partial charge in [0.05, 0.1) is 17.1 Å². The highest BCUT2D eigenvalue weighted by Crippen LogP contribution is 2.08. The van der Waals surface area contributed by atoms with Crippen LogP contribution in [0.1, 0.15) is 24.2 Å². The first kappa shape index (κ1) is 12.0. The highest BCUT2D eigenvalue weighted by atomic mass is 35.5. The summed E-state index contributed by atoms with van der Waals surface area (Å²) in [5.41, 5.74) is 0.560. The Labute approximate surface area is 94.6 Å². The molecule has 1 unspecified atom stereocenters. The van der Waals surface area contributed by atoms with E-state index in [9.17, 15) is 4.79 Å². The normalized spacial score (nSPS) is 12.9. The summed E-state index contributed by atoms with van der Waals surface area (Å²) >= 11 is 6.02. The van der Waals surface area contributed by atoms with Gasteiger partial charge in [-0.25, -0.2) is 0 Å². The first-order chi connectivity index (χ1) is 7.00. The number of halogens is 1. The summed E-state index contributed by atoms with van der Waals surface area (Å²) in [7, 11) is 1.77. The molecule has 0 spiro atoms. The van der Waals surface area contributed by atoms with E-state index < -0.39 is 0 Å². The van der Waals surface area contributed by atoms with Crippen LogP contribution in [0.15, 0.2) is 12.4 Å². The third-order valence-corrected chi connectivity index (χ3v) is 2.81. The molecule has 1 aromatic rings. The lowest BCUT2D eigenvalue weighted by Gasteiger charge is -2.13. The lowest BCUT2D eigenvalue weighted by molar-refractivity contribution is 0.0952. The van der Waals surface area contributed by atoms with Gasteiger partial charge in [-0.3, -0.25) is 9.48 Å². The molecule has 15 heavy (non-hydrogen) atoms. The minimum absolute atomic E-state index is 0.0365. The van der Waals surface area contributed by atoms with Crippen molar-refractivity contribution < 1.29 is 4.79 Å². The molecule has 5 heteroatoms. The van der Waals surface area contributed by atoms with E-state index >= 15 is 0 Å². The van der Waals surface area contributed by atoms with Gasteiger partial charge in [0.2, 0.25) is 0 Å². The standard InChI is InChI=1S/C10H16ClN3O/c1-7(2)9(11)5-12-10(15)8-4-13-14(3)6-8/h4,6-7,9H,5H2,1-3H3,(H,12,15). The molecule has 1 atom stereocenters. The number of rotatable bonds is 4. The summed E-state index contributed by atoms with van der Waals surface area (Å²) in [6, 6.07) is 0. The van der Waals surface area contributed by atoms with Gasteiger partial charge in [-0.05, 0) is 5.92 Å². The molecule has 1 rings (SSSR count). The van der Waals surface area contributed by atoms with Crippen LogP contribution in [0.3, 0.4) is 0 Å². The van der Waals surface area contributed by atoms with E-state index in [-0.39, 0.29) is 11.3 Å². The van der Waals surface area contributed by atoms with Crippen molar-refractivity contribution >= 4 is 17.5 Å². The summed E-state index contributed by atoms with van der Waals surface area (Å²) in [4.78, 5) is 11.6. The van der Waals surface area contributed by atoms with Crippen LogP contribution in [0.4, 0.5) is 0 Å². The van der Waals surface area contributed by atoms with E-state index in [0.717, 1.165) is 0 Å². The largest absolute Gasteiger partial charge is 0.350 e. The molecule has 1 heterocycles. The number of nitrogens with one attached hydrogen (secondary N) is 1. The lowest BCUT2D eigenvalue weighted by Crippen LogP contribution is -2.31. The van der Waals surface area contributed by atoms with Gasteiger partial charge in [-0.1, -0.05) is 13.8 Å². The molecule has 0 saturated heterocycles. The number of carbonyl (C=O) groups excluding carboxylic acids is 1.